The summed E-state index contributed by atoms with van der Waals surface area (Å²) in [6.07, 6.45) is 2.79. The van der Waals surface area contributed by atoms with Gasteiger partial charge in [0.25, 0.3) is 0 Å². The predicted molar refractivity (Wildman–Crippen MR) is 116 cm³/mol. The summed E-state index contributed by atoms with van der Waals surface area (Å²) in [6.45, 7) is 0. The van der Waals surface area contributed by atoms with Crippen LogP contribution < -0.4 is 15.4 Å². The fraction of sp³-hybridized carbons (Fsp3) is 0.0435. The third-order valence-electron chi connectivity index (χ3n) is 4.47. The van der Waals surface area contributed by atoms with E-state index in [-0.39, 0.29) is 11.4 Å². The van der Waals surface area contributed by atoms with Crippen LogP contribution in [0, 0.1) is 17.1 Å². The summed E-state index contributed by atoms with van der Waals surface area (Å²) in [6, 6.07) is 15.6. The molecule has 4 rings (SSSR count). The number of hydrogen-bond donors (Lipinski definition) is 3. The van der Waals surface area contributed by atoms with E-state index < -0.39 is 24.1 Å². The van der Waals surface area contributed by atoms with E-state index in [1.807, 2.05) is 6.07 Å². The number of ether oxygens (including phenoxy) is 1. The predicted octanol–water partition coefficient (Wildman–Crippen LogP) is 4.33. The number of aromatic nitrogens is 2. The van der Waals surface area contributed by atoms with Crippen LogP contribution >= 0.6 is 0 Å². The molecule has 0 aliphatic rings. The summed E-state index contributed by atoms with van der Waals surface area (Å²) >= 11 is 0. The van der Waals surface area contributed by atoms with Gasteiger partial charge in [-0.25, -0.2) is 9.37 Å². The van der Waals surface area contributed by atoms with Gasteiger partial charge in [-0.2, -0.15) is 5.26 Å². The van der Waals surface area contributed by atoms with Crippen LogP contribution in [0.15, 0.2) is 67.0 Å². The lowest BCUT2D eigenvalue weighted by atomic mass is 10.2. The number of H-pyrrole nitrogens is 1. The number of halogens is 1. The zero-order chi connectivity index (χ0) is 22.5. The van der Waals surface area contributed by atoms with Gasteiger partial charge in [0.2, 0.25) is 11.8 Å². The zero-order valence-electron chi connectivity index (χ0n) is 16.6. The van der Waals surface area contributed by atoms with Gasteiger partial charge in [-0.05, 0) is 48.5 Å². The number of rotatable bonds is 6. The second-order valence-electron chi connectivity index (χ2n) is 6.76. The fourth-order valence-corrected chi connectivity index (χ4v) is 2.99. The van der Waals surface area contributed by atoms with Crippen LogP contribution in [-0.4, -0.2) is 21.8 Å². The first-order valence-electron chi connectivity index (χ1n) is 9.51. The van der Waals surface area contributed by atoms with Crippen molar-refractivity contribution in [3.05, 3.63) is 78.4 Å². The molecule has 0 spiro atoms. The SMILES string of the molecule is N#Cc1ccc(NC(=O)CC(=O)Nc2ccc(Oc3ccnc4[nH]ccc34)c(F)c2)cc1. The van der Waals surface area contributed by atoms with Gasteiger partial charge in [0.05, 0.1) is 17.0 Å². The second kappa shape index (κ2) is 8.97. The number of hydrogen-bond acceptors (Lipinski definition) is 5. The van der Waals surface area contributed by atoms with E-state index in [1.54, 1.807) is 48.8 Å². The highest BCUT2D eigenvalue weighted by Gasteiger charge is 2.13. The largest absolute Gasteiger partial charge is 0.453 e. The van der Waals surface area contributed by atoms with E-state index in [4.69, 9.17) is 10.00 Å². The molecule has 2 aromatic carbocycles. The number of carbonyl (C=O) groups excluding carboxylic acids is 2. The number of nitrogens with one attached hydrogen (secondary N) is 3. The molecule has 158 valence electrons. The maximum absolute atomic E-state index is 14.5. The Labute approximate surface area is 181 Å². The van der Waals surface area contributed by atoms with E-state index in [0.29, 0.717) is 28.0 Å². The Bertz CT molecular complexity index is 1340. The minimum absolute atomic E-state index is 0.0183. The van der Waals surface area contributed by atoms with Crippen molar-refractivity contribution in [2.24, 2.45) is 0 Å². The third kappa shape index (κ3) is 4.71. The standard InChI is InChI=1S/C23H16FN5O3/c24-18-11-16(5-6-20(18)32-19-8-10-27-23-17(19)7-9-26-23)29-22(31)12-21(30)28-15-3-1-14(13-25)2-4-15/h1-11H,12H2,(H,26,27)(H,28,30)(H,29,31). The van der Waals surface area contributed by atoms with Crippen molar-refractivity contribution in [1.82, 2.24) is 9.97 Å². The summed E-state index contributed by atoms with van der Waals surface area (Å²) in [5.74, 6) is -1.40. The number of nitriles is 1. The number of aromatic amines is 1. The molecular weight excluding hydrogens is 413 g/mol. The van der Waals surface area contributed by atoms with Crippen LogP contribution in [0.2, 0.25) is 0 Å². The first kappa shape index (κ1) is 20.6. The minimum Gasteiger partial charge on any atom is -0.453 e. The number of pyridine rings is 1. The Morgan fingerprint density at radius 2 is 1.72 bits per heavy atom. The van der Waals surface area contributed by atoms with Gasteiger partial charge in [-0.15, -0.1) is 0 Å². The number of carbonyl (C=O) groups is 2. The molecule has 2 amide bonds. The molecule has 0 saturated carbocycles. The van der Waals surface area contributed by atoms with Crippen molar-refractivity contribution in [2.75, 3.05) is 10.6 Å². The molecule has 9 heteroatoms. The number of nitrogens with zero attached hydrogens (tertiary/aromatic N) is 2. The molecule has 0 fully saturated rings. The van der Waals surface area contributed by atoms with Crippen LogP contribution in [0.5, 0.6) is 11.5 Å². The maximum Gasteiger partial charge on any atom is 0.233 e. The van der Waals surface area contributed by atoms with Gasteiger partial charge in [0, 0.05) is 29.8 Å². The van der Waals surface area contributed by atoms with Crippen LogP contribution in [0.4, 0.5) is 15.8 Å². The Kier molecular flexibility index (Phi) is 5.76. The highest BCUT2D eigenvalue weighted by Crippen LogP contribution is 2.31. The Morgan fingerprint density at radius 1 is 1.00 bits per heavy atom. The number of fused-ring (bicyclic) bond motifs is 1. The average Bonchev–Trinajstić information content (AvgIpc) is 3.26. The van der Waals surface area contributed by atoms with Crippen LogP contribution in [0.25, 0.3) is 11.0 Å². The molecule has 3 N–H and O–H groups in total. The Balaban J connectivity index is 1.36. The zero-order valence-corrected chi connectivity index (χ0v) is 16.6. The van der Waals surface area contributed by atoms with Crippen molar-refractivity contribution in [3.63, 3.8) is 0 Å². The van der Waals surface area contributed by atoms with Gasteiger partial charge >= 0.3 is 0 Å². The number of anilines is 2. The average molecular weight is 429 g/mol. The summed E-state index contributed by atoms with van der Waals surface area (Å²) in [5, 5.41) is 14.5. The summed E-state index contributed by atoms with van der Waals surface area (Å²) in [4.78, 5) is 31.3. The summed E-state index contributed by atoms with van der Waals surface area (Å²) in [7, 11) is 0. The minimum atomic E-state index is -0.676. The quantitative estimate of drug-likeness (QED) is 0.394. The normalized spacial score (nSPS) is 10.4. The van der Waals surface area contributed by atoms with Gasteiger partial charge < -0.3 is 20.4 Å². The molecule has 0 bridgehead atoms. The lowest BCUT2D eigenvalue weighted by Gasteiger charge is -2.10. The topological polar surface area (TPSA) is 120 Å². The Morgan fingerprint density at radius 3 is 2.44 bits per heavy atom. The van der Waals surface area contributed by atoms with Gasteiger partial charge in [0.1, 0.15) is 17.8 Å². The van der Waals surface area contributed by atoms with E-state index in [1.165, 1.54) is 12.1 Å². The van der Waals surface area contributed by atoms with Crippen molar-refractivity contribution in [3.8, 4) is 17.6 Å². The van der Waals surface area contributed by atoms with Crippen LogP contribution in [0.1, 0.15) is 12.0 Å². The summed E-state index contributed by atoms with van der Waals surface area (Å²) < 4.78 is 20.2. The van der Waals surface area contributed by atoms with E-state index in [0.717, 1.165) is 6.07 Å². The van der Waals surface area contributed by atoms with Gasteiger partial charge in [0.15, 0.2) is 11.6 Å². The smallest absolute Gasteiger partial charge is 0.233 e. The van der Waals surface area contributed by atoms with Crippen LogP contribution in [-0.2, 0) is 9.59 Å². The molecule has 0 saturated heterocycles. The fourth-order valence-electron chi connectivity index (χ4n) is 2.99. The van der Waals surface area contributed by atoms with Crippen molar-refractivity contribution >= 4 is 34.2 Å². The van der Waals surface area contributed by atoms with E-state index in [9.17, 15) is 14.0 Å². The van der Waals surface area contributed by atoms with E-state index in [2.05, 4.69) is 20.6 Å². The van der Waals surface area contributed by atoms with Crippen molar-refractivity contribution in [1.29, 1.82) is 5.26 Å². The van der Waals surface area contributed by atoms with Crippen LogP contribution in [0.3, 0.4) is 0 Å². The first-order valence-corrected chi connectivity index (χ1v) is 9.51. The molecule has 0 unspecified atom stereocenters. The molecule has 8 nitrogen and oxygen atoms in total. The van der Waals surface area contributed by atoms with E-state index >= 15 is 0 Å². The second-order valence-corrected chi connectivity index (χ2v) is 6.76. The Hall–Kier alpha value is -4.71. The molecular formula is C23H16FN5O3. The first-order chi connectivity index (χ1) is 15.5. The highest BCUT2D eigenvalue weighted by molar-refractivity contribution is 6.08. The molecule has 32 heavy (non-hydrogen) atoms. The van der Waals surface area contributed by atoms with Gasteiger partial charge in [-0.3, -0.25) is 9.59 Å². The lowest BCUT2D eigenvalue weighted by molar-refractivity contribution is -0.123. The monoisotopic (exact) mass is 429 g/mol. The third-order valence-corrected chi connectivity index (χ3v) is 4.47. The molecule has 0 radical (unpaired) electrons. The molecule has 4 aromatic rings. The highest BCUT2D eigenvalue weighted by atomic mass is 19.1. The lowest BCUT2D eigenvalue weighted by Crippen LogP contribution is -2.21. The maximum atomic E-state index is 14.5. The van der Waals surface area contributed by atoms with Crippen molar-refractivity contribution < 1.29 is 18.7 Å². The molecule has 0 atom stereocenters. The van der Waals surface area contributed by atoms with Gasteiger partial charge in [-0.1, -0.05) is 0 Å². The summed E-state index contributed by atoms with van der Waals surface area (Å²) in [5.41, 5.74) is 1.72. The molecule has 0 aliphatic heterocycles. The molecule has 2 aromatic heterocycles. The molecule has 0 aliphatic carbocycles. The number of amides is 2. The molecule has 2 heterocycles. The number of benzene rings is 2. The van der Waals surface area contributed by atoms with Crippen molar-refractivity contribution in [2.45, 2.75) is 6.42 Å².